The number of nitrogens with zero attached hydrogens (tertiary/aromatic N) is 1. The number of nitrogens with one attached hydrogen (secondary N) is 1. The third kappa shape index (κ3) is 6.65. The largest absolute Gasteiger partial charge is 0.486 e. The smallest absolute Gasteiger partial charge is 0.331 e. The van der Waals surface area contributed by atoms with Gasteiger partial charge in [-0.3, -0.25) is 9.59 Å². The summed E-state index contributed by atoms with van der Waals surface area (Å²) in [6.45, 7) is 2.98. The van der Waals surface area contributed by atoms with Crippen LogP contribution in [0.1, 0.15) is 18.9 Å². The van der Waals surface area contributed by atoms with E-state index in [0.29, 0.717) is 31.3 Å². The van der Waals surface area contributed by atoms with Crippen LogP contribution in [0.2, 0.25) is 0 Å². The molecule has 1 aromatic rings. The maximum Gasteiger partial charge on any atom is 0.331 e. The minimum absolute atomic E-state index is 0.0799. The average molecular weight is 376 g/mol. The second kappa shape index (κ2) is 10.2. The maximum atomic E-state index is 11.9. The van der Waals surface area contributed by atoms with Crippen molar-refractivity contribution in [2.45, 2.75) is 13.3 Å². The summed E-state index contributed by atoms with van der Waals surface area (Å²) in [5.74, 6) is -0.0742. The van der Waals surface area contributed by atoms with Gasteiger partial charge < -0.3 is 24.4 Å². The molecule has 1 aliphatic heterocycles. The van der Waals surface area contributed by atoms with Crippen molar-refractivity contribution in [2.75, 3.05) is 40.0 Å². The lowest BCUT2D eigenvalue weighted by Crippen LogP contribution is -2.40. The number of rotatable bonds is 8. The highest BCUT2D eigenvalue weighted by atomic mass is 16.6. The van der Waals surface area contributed by atoms with Crippen LogP contribution in [-0.4, -0.2) is 62.6 Å². The summed E-state index contributed by atoms with van der Waals surface area (Å²) >= 11 is 0. The van der Waals surface area contributed by atoms with Gasteiger partial charge in [-0.05, 0) is 30.2 Å². The zero-order chi connectivity index (χ0) is 19.6. The summed E-state index contributed by atoms with van der Waals surface area (Å²) in [4.78, 5) is 36.5. The number of hydrogen-bond donors (Lipinski definition) is 1. The lowest BCUT2D eigenvalue weighted by atomic mass is 10.2. The van der Waals surface area contributed by atoms with Gasteiger partial charge in [-0.1, -0.05) is 13.0 Å². The maximum absolute atomic E-state index is 11.9. The molecule has 0 saturated heterocycles. The number of amides is 2. The second-order valence-electron chi connectivity index (χ2n) is 5.94. The van der Waals surface area contributed by atoms with Crippen molar-refractivity contribution >= 4 is 23.9 Å². The summed E-state index contributed by atoms with van der Waals surface area (Å²) in [6, 6.07) is 5.30. The molecule has 1 heterocycles. The molecular weight excluding hydrogens is 352 g/mol. The van der Waals surface area contributed by atoms with Crippen LogP contribution in [0.3, 0.4) is 0 Å². The fraction of sp³-hybridized carbons (Fsp3) is 0.421. The van der Waals surface area contributed by atoms with Crippen molar-refractivity contribution in [3.63, 3.8) is 0 Å². The molecule has 0 aliphatic carbocycles. The number of carbonyl (C=O) groups is 3. The Balaban J connectivity index is 1.77. The molecule has 1 N–H and O–H groups in total. The van der Waals surface area contributed by atoms with Crippen LogP contribution in [0, 0.1) is 0 Å². The summed E-state index contributed by atoms with van der Waals surface area (Å²) in [5.41, 5.74) is 0.743. The Labute approximate surface area is 158 Å². The SMILES string of the molecule is CCCNC(=O)CN(C)C(=O)COC(=O)/C=C/c1ccc2c(c1)OCCO2. The molecule has 146 valence electrons. The topological polar surface area (TPSA) is 94.2 Å². The van der Waals surface area contributed by atoms with Crippen molar-refractivity contribution in [1.82, 2.24) is 10.2 Å². The van der Waals surface area contributed by atoms with Crippen LogP contribution in [0.5, 0.6) is 11.5 Å². The number of ether oxygens (including phenoxy) is 3. The van der Waals surface area contributed by atoms with Crippen LogP contribution in [0.4, 0.5) is 0 Å². The van der Waals surface area contributed by atoms with Gasteiger partial charge in [0.1, 0.15) is 13.2 Å². The predicted molar refractivity (Wildman–Crippen MR) is 98.4 cm³/mol. The fourth-order valence-electron chi connectivity index (χ4n) is 2.24. The summed E-state index contributed by atoms with van der Waals surface area (Å²) in [7, 11) is 1.48. The quantitative estimate of drug-likeness (QED) is 0.537. The molecule has 0 atom stereocenters. The van der Waals surface area contributed by atoms with Crippen LogP contribution in [0.15, 0.2) is 24.3 Å². The van der Waals surface area contributed by atoms with Gasteiger partial charge in [0, 0.05) is 19.7 Å². The molecule has 1 aromatic carbocycles. The Morgan fingerprint density at radius 2 is 1.96 bits per heavy atom. The molecule has 2 amide bonds. The first kappa shape index (κ1) is 20.3. The van der Waals surface area contributed by atoms with E-state index in [1.807, 2.05) is 6.92 Å². The van der Waals surface area contributed by atoms with Crippen molar-refractivity contribution in [3.05, 3.63) is 29.8 Å². The minimum atomic E-state index is -0.651. The Morgan fingerprint density at radius 3 is 2.70 bits per heavy atom. The monoisotopic (exact) mass is 376 g/mol. The van der Waals surface area contributed by atoms with Crippen LogP contribution >= 0.6 is 0 Å². The molecule has 0 fully saturated rings. The van der Waals surface area contributed by atoms with Crippen LogP contribution in [0.25, 0.3) is 6.08 Å². The molecular formula is C19H24N2O6. The molecule has 0 bridgehead atoms. The Morgan fingerprint density at radius 1 is 1.22 bits per heavy atom. The summed E-state index contributed by atoms with van der Waals surface area (Å²) in [6.07, 6.45) is 3.61. The number of carbonyl (C=O) groups excluding carboxylic acids is 3. The third-order valence-corrected chi connectivity index (χ3v) is 3.69. The van der Waals surface area contributed by atoms with Gasteiger partial charge in [-0.25, -0.2) is 4.79 Å². The molecule has 8 nitrogen and oxygen atoms in total. The highest BCUT2D eigenvalue weighted by molar-refractivity contribution is 5.90. The van der Waals surface area contributed by atoms with Gasteiger partial charge in [0.05, 0.1) is 6.54 Å². The third-order valence-electron chi connectivity index (χ3n) is 3.69. The molecule has 8 heteroatoms. The predicted octanol–water partition coefficient (Wildman–Crippen LogP) is 0.999. The van der Waals surface area contributed by atoms with Crippen molar-refractivity contribution in [1.29, 1.82) is 0 Å². The van der Waals surface area contributed by atoms with E-state index in [-0.39, 0.29) is 12.5 Å². The Hall–Kier alpha value is -3.03. The minimum Gasteiger partial charge on any atom is -0.486 e. The molecule has 2 rings (SSSR count). The Bertz CT molecular complexity index is 716. The molecule has 0 radical (unpaired) electrons. The molecule has 27 heavy (non-hydrogen) atoms. The van der Waals surface area contributed by atoms with Crippen molar-refractivity contribution < 1.29 is 28.6 Å². The zero-order valence-corrected chi connectivity index (χ0v) is 15.5. The number of fused-ring (bicyclic) bond motifs is 1. The highest BCUT2D eigenvalue weighted by Crippen LogP contribution is 2.31. The number of likely N-dealkylation sites (N-methyl/N-ethyl adjacent to an activating group) is 1. The first-order valence-electron chi connectivity index (χ1n) is 8.74. The van der Waals surface area contributed by atoms with Gasteiger partial charge in [0.15, 0.2) is 18.1 Å². The molecule has 0 unspecified atom stereocenters. The van der Waals surface area contributed by atoms with Crippen LogP contribution < -0.4 is 14.8 Å². The highest BCUT2D eigenvalue weighted by Gasteiger charge is 2.14. The van der Waals surface area contributed by atoms with E-state index in [4.69, 9.17) is 14.2 Å². The lowest BCUT2D eigenvalue weighted by molar-refractivity contribution is -0.148. The van der Waals surface area contributed by atoms with E-state index in [1.165, 1.54) is 18.0 Å². The molecule has 0 aromatic heterocycles. The number of benzene rings is 1. The first-order valence-corrected chi connectivity index (χ1v) is 8.74. The first-order chi connectivity index (χ1) is 13.0. The zero-order valence-electron chi connectivity index (χ0n) is 15.5. The number of esters is 1. The van der Waals surface area contributed by atoms with Gasteiger partial charge in [-0.15, -0.1) is 0 Å². The van der Waals surface area contributed by atoms with Crippen LogP contribution in [-0.2, 0) is 19.1 Å². The normalized spacial score (nSPS) is 12.5. The van der Waals surface area contributed by atoms with E-state index in [9.17, 15) is 14.4 Å². The van der Waals surface area contributed by atoms with E-state index in [2.05, 4.69) is 5.32 Å². The van der Waals surface area contributed by atoms with Crippen molar-refractivity contribution in [3.8, 4) is 11.5 Å². The van der Waals surface area contributed by atoms with Gasteiger partial charge in [-0.2, -0.15) is 0 Å². The standard InChI is InChI=1S/C19H24N2O6/c1-3-8-20-17(22)12-21(2)18(23)13-27-19(24)7-5-14-4-6-15-16(11-14)26-10-9-25-15/h4-7,11H,3,8-10,12-13H2,1-2H3,(H,20,22)/b7-5+. The van der Waals surface area contributed by atoms with E-state index in [1.54, 1.807) is 24.3 Å². The fourth-order valence-corrected chi connectivity index (χ4v) is 2.24. The number of hydrogen-bond acceptors (Lipinski definition) is 6. The average Bonchev–Trinajstić information content (AvgIpc) is 2.68. The molecule has 1 aliphatic rings. The lowest BCUT2D eigenvalue weighted by Gasteiger charge is -2.18. The van der Waals surface area contributed by atoms with Gasteiger partial charge in [0.25, 0.3) is 5.91 Å². The van der Waals surface area contributed by atoms with Gasteiger partial charge in [0.2, 0.25) is 5.91 Å². The summed E-state index contributed by atoms with van der Waals surface area (Å²) in [5, 5.41) is 2.67. The van der Waals surface area contributed by atoms with Gasteiger partial charge >= 0.3 is 5.97 Å². The Kier molecular flexibility index (Phi) is 7.66. The van der Waals surface area contributed by atoms with E-state index in [0.717, 1.165) is 12.0 Å². The van der Waals surface area contributed by atoms with E-state index < -0.39 is 18.5 Å². The summed E-state index contributed by atoms with van der Waals surface area (Å²) < 4.78 is 15.8. The molecule has 0 saturated carbocycles. The van der Waals surface area contributed by atoms with Crippen molar-refractivity contribution in [2.24, 2.45) is 0 Å². The second-order valence-corrected chi connectivity index (χ2v) is 5.94. The molecule has 0 spiro atoms. The van der Waals surface area contributed by atoms with E-state index >= 15 is 0 Å².